The Balaban J connectivity index is 0.870. The maximum absolute atomic E-state index is 14.7. The molecule has 72 heavy (non-hydrogen) atoms. The summed E-state index contributed by atoms with van der Waals surface area (Å²) < 4.78 is 43.1. The Hall–Kier alpha value is -5.75. The van der Waals surface area contributed by atoms with E-state index in [4.69, 9.17) is 14.5 Å². The number of H-pyrrole nitrogens is 1. The van der Waals surface area contributed by atoms with Gasteiger partial charge >= 0.3 is 0 Å². The zero-order valence-electron chi connectivity index (χ0n) is 41.9. The second-order valence-electron chi connectivity index (χ2n) is 22.9. The molecular weight excluding hydrogens is 933 g/mol. The van der Waals surface area contributed by atoms with Crippen LogP contribution in [0.3, 0.4) is 0 Å². The number of hydrogen-bond donors (Lipinski definition) is 4. The third-order valence-electron chi connectivity index (χ3n) is 17.2. The number of nitro groups is 1. The number of carbonyl (C=O) groups excluding carboxylic acids is 1. The summed E-state index contributed by atoms with van der Waals surface area (Å²) in [5, 5.41) is 26.8. The van der Waals surface area contributed by atoms with Crippen molar-refractivity contribution in [2.45, 2.75) is 133 Å². The first-order valence-electron chi connectivity index (χ1n) is 26.0. The van der Waals surface area contributed by atoms with Gasteiger partial charge in [0, 0.05) is 68.2 Å². The molecular formula is C55H68N8O8S. The van der Waals surface area contributed by atoms with E-state index >= 15 is 0 Å². The number of hydrogen-bond acceptors (Lipinski definition) is 13. The molecule has 5 aromatic rings. The van der Waals surface area contributed by atoms with Crippen LogP contribution in [0.2, 0.25) is 0 Å². The second kappa shape index (κ2) is 18.6. The van der Waals surface area contributed by atoms with Crippen molar-refractivity contribution < 1.29 is 32.7 Å². The summed E-state index contributed by atoms with van der Waals surface area (Å²) in [5.41, 5.74) is 5.28. The Labute approximate surface area is 422 Å². The predicted octanol–water partition coefficient (Wildman–Crippen LogP) is 9.55. The standard InChI is InChI=1S/C55H68N8O8S/c1-35-7-5-6-8-41(35)44-15-18-53(2,3)34-61(44)39-30-55(31-39)21-24-60(25-22-55)38-9-11-42(46(28-38)62-45-17-26-70-33-49(45)71-52-48(62)27-37-16-23-56-50(37)58-52)51(64)59-72(68,69)40-10-12-43(47(29-40)63(66)67)57-32-36-13-19-54(4,65)20-14-36/h5-12,16,23,27-29,36,39,44-45,49,57,65H,13-15,17-22,24-26,30-34H2,1-4H3,(H,56,58)(H,59,64)/t36?,44-,45-,49-,54?/m0/s1. The van der Waals surface area contributed by atoms with Gasteiger partial charge in [0.25, 0.3) is 21.6 Å². The number of benzene rings is 3. The molecule has 0 radical (unpaired) electrons. The molecule has 1 amide bonds. The molecule has 0 unspecified atom stereocenters. The number of ether oxygens (including phenoxy) is 2. The van der Waals surface area contributed by atoms with Crippen molar-refractivity contribution in [1.82, 2.24) is 19.6 Å². The third kappa shape index (κ3) is 9.41. The van der Waals surface area contributed by atoms with E-state index in [0.717, 1.165) is 62.5 Å². The average Bonchev–Trinajstić information content (AvgIpc) is 3.81. The van der Waals surface area contributed by atoms with Gasteiger partial charge in [0.1, 0.15) is 23.1 Å². The van der Waals surface area contributed by atoms with Gasteiger partial charge in [0.05, 0.1) is 39.3 Å². The zero-order valence-corrected chi connectivity index (χ0v) is 42.7. The highest BCUT2D eigenvalue weighted by Crippen LogP contribution is 2.55. The van der Waals surface area contributed by atoms with E-state index in [-0.39, 0.29) is 34.0 Å². The summed E-state index contributed by atoms with van der Waals surface area (Å²) in [5.74, 6) is -0.297. The van der Waals surface area contributed by atoms with Crippen molar-refractivity contribution in [2.24, 2.45) is 16.7 Å². The van der Waals surface area contributed by atoms with Crippen molar-refractivity contribution in [3.8, 4) is 5.88 Å². The maximum Gasteiger partial charge on any atom is 0.293 e. The summed E-state index contributed by atoms with van der Waals surface area (Å²) in [6, 6.07) is 22.8. The van der Waals surface area contributed by atoms with Crippen LogP contribution in [0.5, 0.6) is 5.88 Å². The Kier molecular flexibility index (Phi) is 12.6. The molecule has 4 aliphatic heterocycles. The normalized spacial score (nSPS) is 27.0. The fraction of sp³-hybridized carbons (Fsp3) is 0.527. The van der Waals surface area contributed by atoms with Crippen LogP contribution in [-0.4, -0.2) is 102 Å². The van der Waals surface area contributed by atoms with Gasteiger partial charge in [-0.3, -0.25) is 19.8 Å². The number of nitrogens with zero attached hydrogens (tertiary/aromatic N) is 5. The lowest BCUT2D eigenvalue weighted by Gasteiger charge is -2.59. The molecule has 3 atom stereocenters. The Morgan fingerprint density at radius 3 is 2.49 bits per heavy atom. The van der Waals surface area contributed by atoms with Gasteiger partial charge in [-0.1, -0.05) is 38.1 Å². The number of anilines is 4. The largest absolute Gasteiger partial charge is 0.468 e. The van der Waals surface area contributed by atoms with Gasteiger partial charge in [0.2, 0.25) is 5.88 Å². The van der Waals surface area contributed by atoms with Gasteiger partial charge < -0.3 is 34.7 Å². The molecule has 6 heterocycles. The molecule has 3 aromatic carbocycles. The Morgan fingerprint density at radius 2 is 1.72 bits per heavy atom. The number of nitrogens with one attached hydrogen (secondary N) is 3. The van der Waals surface area contributed by atoms with Crippen molar-refractivity contribution in [3.05, 3.63) is 106 Å². The fourth-order valence-corrected chi connectivity index (χ4v) is 13.9. The van der Waals surface area contributed by atoms with Crippen LogP contribution in [0.4, 0.5) is 28.4 Å². The number of fused-ring (bicyclic) bond motifs is 3. The molecule has 2 saturated carbocycles. The van der Waals surface area contributed by atoms with E-state index in [2.05, 4.69) is 74.8 Å². The van der Waals surface area contributed by atoms with E-state index in [9.17, 15) is 28.4 Å². The van der Waals surface area contributed by atoms with Gasteiger partial charge in [-0.05, 0) is 155 Å². The molecule has 0 bridgehead atoms. The molecule has 1 spiro atoms. The smallest absolute Gasteiger partial charge is 0.293 e. The number of piperidine rings is 2. The number of likely N-dealkylation sites (tertiary alicyclic amines) is 1. The Morgan fingerprint density at radius 1 is 0.944 bits per heavy atom. The number of aliphatic hydroxyl groups is 1. The third-order valence-corrected chi connectivity index (χ3v) is 18.5. The number of rotatable bonds is 11. The van der Waals surface area contributed by atoms with E-state index in [0.29, 0.717) is 74.0 Å². The molecule has 4 N–H and O–H groups in total. The number of pyridine rings is 1. The summed E-state index contributed by atoms with van der Waals surface area (Å²) in [7, 11) is -4.62. The molecule has 2 aliphatic carbocycles. The minimum absolute atomic E-state index is 0.122. The molecule has 16 nitrogen and oxygen atoms in total. The highest BCUT2D eigenvalue weighted by molar-refractivity contribution is 7.90. The van der Waals surface area contributed by atoms with Gasteiger partial charge in [-0.15, -0.1) is 0 Å². The minimum atomic E-state index is -4.62. The van der Waals surface area contributed by atoms with Crippen molar-refractivity contribution in [2.75, 3.05) is 54.5 Å². The van der Waals surface area contributed by atoms with Crippen LogP contribution in [0.1, 0.15) is 119 Å². The molecule has 17 heteroatoms. The van der Waals surface area contributed by atoms with Crippen LogP contribution < -0.4 is 24.6 Å². The van der Waals surface area contributed by atoms with Crippen molar-refractivity contribution in [1.29, 1.82) is 0 Å². The molecule has 382 valence electrons. The van der Waals surface area contributed by atoms with Crippen LogP contribution in [0.15, 0.2) is 83.9 Å². The summed E-state index contributed by atoms with van der Waals surface area (Å²) in [6.07, 6.45) is 11.6. The predicted molar refractivity (Wildman–Crippen MR) is 278 cm³/mol. The van der Waals surface area contributed by atoms with Crippen LogP contribution in [0, 0.1) is 33.8 Å². The van der Waals surface area contributed by atoms with Crippen molar-refractivity contribution >= 4 is 55.4 Å². The summed E-state index contributed by atoms with van der Waals surface area (Å²) >= 11 is 0. The Bertz CT molecular complexity index is 2990. The first-order valence-corrected chi connectivity index (χ1v) is 27.5. The van der Waals surface area contributed by atoms with Crippen LogP contribution in [-0.2, 0) is 14.8 Å². The lowest BCUT2D eigenvalue weighted by atomic mass is 9.59. The summed E-state index contributed by atoms with van der Waals surface area (Å²) in [6.45, 7) is 12.9. The molecule has 2 aromatic heterocycles. The summed E-state index contributed by atoms with van der Waals surface area (Å²) in [4.78, 5) is 41.4. The molecule has 5 fully saturated rings. The number of nitro benzene ring substituents is 1. The fourth-order valence-electron chi connectivity index (χ4n) is 12.9. The maximum atomic E-state index is 14.7. The lowest BCUT2D eigenvalue weighted by Crippen LogP contribution is -2.58. The topological polar surface area (TPSA) is 196 Å². The van der Waals surface area contributed by atoms with E-state index in [1.807, 2.05) is 37.4 Å². The van der Waals surface area contributed by atoms with Gasteiger partial charge in [0.15, 0.2) is 0 Å². The average molecular weight is 1000 g/mol. The number of sulfonamides is 1. The van der Waals surface area contributed by atoms with E-state index in [1.54, 1.807) is 6.07 Å². The van der Waals surface area contributed by atoms with E-state index in [1.165, 1.54) is 48.9 Å². The highest BCUT2D eigenvalue weighted by atomic mass is 32.2. The zero-order chi connectivity index (χ0) is 50.2. The number of amides is 1. The molecule has 11 rings (SSSR count). The van der Waals surface area contributed by atoms with Crippen molar-refractivity contribution in [3.63, 3.8) is 0 Å². The first-order chi connectivity index (χ1) is 34.4. The molecule has 3 saturated heterocycles. The quantitative estimate of drug-likeness (QED) is 0.0722. The SMILES string of the molecule is Cc1ccccc1[C@@H]1CCC(C)(C)CN1C1CC2(CCN(c3ccc(C(=O)NS(=O)(=O)c4ccc(NCC5CCC(C)(O)CC5)c([N+](=O)[O-])c4)c(N4c5cc6cc[nH]c6nc5O[C@H]5COCC[C@@H]54)c3)CC2)C1. The number of aryl methyl sites for hydroxylation is 1. The highest BCUT2D eigenvalue weighted by Gasteiger charge is 2.51. The monoisotopic (exact) mass is 1000 g/mol. The van der Waals surface area contributed by atoms with Gasteiger partial charge in [-0.2, -0.15) is 4.98 Å². The van der Waals surface area contributed by atoms with Crippen LogP contribution in [0.25, 0.3) is 11.0 Å². The number of aromatic nitrogens is 2. The second-order valence-corrected chi connectivity index (χ2v) is 24.6. The number of aromatic amines is 1. The molecule has 6 aliphatic rings. The minimum Gasteiger partial charge on any atom is -0.468 e. The van der Waals surface area contributed by atoms with E-state index < -0.39 is 43.1 Å². The van der Waals surface area contributed by atoms with Crippen LogP contribution >= 0.6 is 0 Å². The number of carbonyl (C=O) groups is 1. The van der Waals surface area contributed by atoms with Gasteiger partial charge in [-0.25, -0.2) is 13.1 Å². The lowest BCUT2D eigenvalue weighted by molar-refractivity contribution is -0.384. The first kappa shape index (κ1) is 48.5.